The van der Waals surface area contributed by atoms with Crippen molar-refractivity contribution in [3.63, 3.8) is 0 Å². The Morgan fingerprint density at radius 1 is 1.37 bits per heavy atom. The van der Waals surface area contributed by atoms with Crippen molar-refractivity contribution in [1.82, 2.24) is 9.97 Å². The van der Waals surface area contributed by atoms with E-state index in [2.05, 4.69) is 9.97 Å². The van der Waals surface area contributed by atoms with Gasteiger partial charge >= 0.3 is 5.97 Å². The van der Waals surface area contributed by atoms with Gasteiger partial charge in [0.25, 0.3) is 0 Å². The van der Waals surface area contributed by atoms with Gasteiger partial charge in [-0.2, -0.15) is 0 Å². The second-order valence-corrected chi connectivity index (χ2v) is 7.11. The molecule has 1 N–H and O–H groups in total. The third kappa shape index (κ3) is 4.53. The fraction of sp³-hybridized carbons (Fsp3) is 0.222. The minimum Gasteiger partial charge on any atom is -0.481 e. The van der Waals surface area contributed by atoms with E-state index in [1.165, 1.54) is 28.9 Å². The Morgan fingerprint density at radius 2 is 2.15 bits per heavy atom. The van der Waals surface area contributed by atoms with Crippen LogP contribution in [-0.4, -0.2) is 34.0 Å². The number of oxazole rings is 1. The molecule has 3 rings (SSSR count). The van der Waals surface area contributed by atoms with Crippen LogP contribution in [0.5, 0.6) is 0 Å². The minimum absolute atomic E-state index is 0.175. The SMILES string of the molecule is CN(C(=O)[C@@H](CC(=O)O)Cc1cocn1)c1nc(-c2ccccc2Cl)cs1. The smallest absolute Gasteiger partial charge is 0.304 e. The number of carboxylic acid groups (broad SMARTS) is 1. The van der Waals surface area contributed by atoms with Crippen LogP contribution in [0.25, 0.3) is 11.3 Å². The minimum atomic E-state index is -1.05. The first kappa shape index (κ1) is 19.1. The summed E-state index contributed by atoms with van der Waals surface area (Å²) in [6.07, 6.45) is 2.52. The van der Waals surface area contributed by atoms with E-state index in [1.54, 1.807) is 13.1 Å². The molecule has 0 saturated heterocycles. The van der Waals surface area contributed by atoms with Crippen molar-refractivity contribution in [2.24, 2.45) is 5.92 Å². The van der Waals surface area contributed by atoms with Gasteiger partial charge in [0.1, 0.15) is 6.26 Å². The lowest BCUT2D eigenvalue weighted by Gasteiger charge is -2.20. The van der Waals surface area contributed by atoms with E-state index in [0.29, 0.717) is 21.5 Å². The normalized spacial score (nSPS) is 11.9. The average Bonchev–Trinajstić information content (AvgIpc) is 3.32. The molecule has 3 aromatic rings. The summed E-state index contributed by atoms with van der Waals surface area (Å²) in [5.41, 5.74) is 1.96. The highest BCUT2D eigenvalue weighted by molar-refractivity contribution is 7.14. The zero-order valence-corrected chi connectivity index (χ0v) is 15.9. The number of rotatable bonds is 7. The highest BCUT2D eigenvalue weighted by Crippen LogP contribution is 2.32. The summed E-state index contributed by atoms with van der Waals surface area (Å²) >= 11 is 7.49. The molecule has 0 aliphatic rings. The van der Waals surface area contributed by atoms with Gasteiger partial charge in [-0.1, -0.05) is 29.8 Å². The van der Waals surface area contributed by atoms with Gasteiger partial charge < -0.3 is 9.52 Å². The van der Waals surface area contributed by atoms with Crippen LogP contribution in [-0.2, 0) is 16.0 Å². The number of carbonyl (C=O) groups excluding carboxylic acids is 1. The Labute approximate surface area is 164 Å². The number of hydrogen-bond donors (Lipinski definition) is 1. The third-order valence-corrected chi connectivity index (χ3v) is 5.22. The molecule has 0 radical (unpaired) electrons. The number of nitrogens with zero attached hydrogens (tertiary/aromatic N) is 3. The van der Waals surface area contributed by atoms with Gasteiger partial charge in [0.2, 0.25) is 5.91 Å². The summed E-state index contributed by atoms with van der Waals surface area (Å²) in [7, 11) is 1.58. The lowest BCUT2D eigenvalue weighted by atomic mass is 9.98. The number of hydrogen-bond acceptors (Lipinski definition) is 6. The molecule has 2 aromatic heterocycles. The van der Waals surface area contributed by atoms with Crippen LogP contribution < -0.4 is 4.90 Å². The summed E-state index contributed by atoms with van der Waals surface area (Å²) in [6.45, 7) is 0. The van der Waals surface area contributed by atoms with E-state index in [4.69, 9.17) is 21.1 Å². The van der Waals surface area contributed by atoms with E-state index < -0.39 is 11.9 Å². The van der Waals surface area contributed by atoms with Gasteiger partial charge in [-0.25, -0.2) is 9.97 Å². The van der Waals surface area contributed by atoms with Crippen LogP contribution in [0.15, 0.2) is 46.7 Å². The van der Waals surface area contributed by atoms with Crippen molar-refractivity contribution in [2.75, 3.05) is 11.9 Å². The number of thiazole rings is 1. The van der Waals surface area contributed by atoms with E-state index in [1.807, 2.05) is 23.6 Å². The van der Waals surface area contributed by atoms with Crippen molar-refractivity contribution in [3.05, 3.63) is 53.0 Å². The average molecular weight is 406 g/mol. The molecular weight excluding hydrogens is 390 g/mol. The monoisotopic (exact) mass is 405 g/mol. The molecule has 27 heavy (non-hydrogen) atoms. The van der Waals surface area contributed by atoms with Crippen molar-refractivity contribution in [1.29, 1.82) is 0 Å². The van der Waals surface area contributed by atoms with Crippen molar-refractivity contribution in [3.8, 4) is 11.3 Å². The molecular formula is C18H16ClN3O4S. The summed E-state index contributed by atoms with van der Waals surface area (Å²) in [5, 5.41) is 12.0. The maximum atomic E-state index is 12.9. The maximum absolute atomic E-state index is 12.9. The van der Waals surface area contributed by atoms with Crippen molar-refractivity contribution >= 4 is 39.9 Å². The summed E-state index contributed by atoms with van der Waals surface area (Å²) in [4.78, 5) is 33.9. The first-order valence-electron chi connectivity index (χ1n) is 8.02. The fourth-order valence-electron chi connectivity index (χ4n) is 2.63. The Morgan fingerprint density at radius 3 is 2.81 bits per heavy atom. The second-order valence-electron chi connectivity index (χ2n) is 5.87. The van der Waals surface area contributed by atoms with Crippen LogP contribution in [0, 0.1) is 5.92 Å². The Hall–Kier alpha value is -2.71. The fourth-order valence-corrected chi connectivity index (χ4v) is 3.66. The van der Waals surface area contributed by atoms with E-state index in [0.717, 1.165) is 5.56 Å². The van der Waals surface area contributed by atoms with Crippen molar-refractivity contribution < 1.29 is 19.1 Å². The van der Waals surface area contributed by atoms with Gasteiger partial charge in [0, 0.05) is 29.4 Å². The Balaban J connectivity index is 1.80. The lowest BCUT2D eigenvalue weighted by molar-refractivity contribution is -0.140. The predicted octanol–water partition coefficient (Wildman–Crippen LogP) is 3.75. The largest absolute Gasteiger partial charge is 0.481 e. The summed E-state index contributed by atoms with van der Waals surface area (Å²) < 4.78 is 4.90. The Bertz CT molecular complexity index is 942. The Kier molecular flexibility index (Phi) is 5.88. The summed E-state index contributed by atoms with van der Waals surface area (Å²) in [6, 6.07) is 7.30. The molecule has 2 heterocycles. The van der Waals surface area contributed by atoms with Gasteiger partial charge in [-0.15, -0.1) is 11.3 Å². The molecule has 9 heteroatoms. The van der Waals surface area contributed by atoms with Crippen LogP contribution in [0.2, 0.25) is 5.02 Å². The van der Waals surface area contributed by atoms with Crippen LogP contribution >= 0.6 is 22.9 Å². The van der Waals surface area contributed by atoms with E-state index in [-0.39, 0.29) is 18.7 Å². The number of carbonyl (C=O) groups is 2. The molecule has 0 unspecified atom stereocenters. The molecule has 1 atom stereocenters. The molecule has 1 aromatic carbocycles. The maximum Gasteiger partial charge on any atom is 0.304 e. The molecule has 0 bridgehead atoms. The molecule has 0 saturated carbocycles. The van der Waals surface area contributed by atoms with Crippen molar-refractivity contribution in [2.45, 2.75) is 12.8 Å². The number of aliphatic carboxylic acids is 1. The number of carboxylic acids is 1. The molecule has 7 nitrogen and oxygen atoms in total. The van der Waals surface area contributed by atoms with Crippen LogP contribution in [0.4, 0.5) is 5.13 Å². The zero-order valence-electron chi connectivity index (χ0n) is 14.3. The quantitative estimate of drug-likeness (QED) is 0.643. The highest BCUT2D eigenvalue weighted by Gasteiger charge is 2.28. The number of amides is 1. The first-order valence-corrected chi connectivity index (χ1v) is 9.28. The third-order valence-electron chi connectivity index (χ3n) is 3.97. The van der Waals surface area contributed by atoms with Crippen LogP contribution in [0.3, 0.4) is 0 Å². The summed E-state index contributed by atoms with van der Waals surface area (Å²) in [5.74, 6) is -2.17. The molecule has 1 amide bonds. The topological polar surface area (TPSA) is 96.5 Å². The van der Waals surface area contributed by atoms with Gasteiger partial charge in [0.15, 0.2) is 11.5 Å². The molecule has 0 fully saturated rings. The van der Waals surface area contributed by atoms with Gasteiger partial charge in [-0.3, -0.25) is 14.5 Å². The number of benzene rings is 1. The second kappa shape index (κ2) is 8.32. The molecule has 0 aliphatic carbocycles. The number of aromatic nitrogens is 2. The molecule has 140 valence electrons. The molecule has 0 aliphatic heterocycles. The van der Waals surface area contributed by atoms with E-state index >= 15 is 0 Å². The number of anilines is 1. The molecule has 0 spiro atoms. The van der Waals surface area contributed by atoms with Gasteiger partial charge in [0.05, 0.1) is 23.7 Å². The number of halogens is 1. The van der Waals surface area contributed by atoms with Gasteiger partial charge in [-0.05, 0) is 6.07 Å². The zero-order chi connectivity index (χ0) is 19.4. The standard InChI is InChI=1S/C18H16ClN3O4S/c1-22(17(25)11(7-16(23)24)6-12-8-26-10-20-12)18-21-15(9-27-18)13-4-2-3-5-14(13)19/h2-5,8-11H,6-7H2,1H3,(H,23,24)/t11-/m1/s1. The van der Waals surface area contributed by atoms with E-state index in [9.17, 15) is 9.59 Å². The first-order chi connectivity index (χ1) is 13.0. The predicted molar refractivity (Wildman–Crippen MR) is 102 cm³/mol. The van der Waals surface area contributed by atoms with Crippen LogP contribution in [0.1, 0.15) is 12.1 Å². The lowest BCUT2D eigenvalue weighted by Crippen LogP contribution is -2.35. The highest BCUT2D eigenvalue weighted by atomic mass is 35.5.